The Morgan fingerprint density at radius 2 is 1.78 bits per heavy atom. The summed E-state index contributed by atoms with van der Waals surface area (Å²) in [7, 11) is -3.19. The van der Waals surface area contributed by atoms with Gasteiger partial charge in [0.05, 0.1) is 6.26 Å². The molecule has 0 atom stereocenters. The molecule has 0 unspecified atom stereocenters. The van der Waals surface area contributed by atoms with Crippen molar-refractivity contribution >= 4 is 27.0 Å². The highest BCUT2D eigenvalue weighted by Gasteiger charge is 2.03. The van der Waals surface area contributed by atoms with Crippen molar-refractivity contribution in [3.05, 3.63) is 51.7 Å². The van der Waals surface area contributed by atoms with Crippen molar-refractivity contribution in [1.82, 2.24) is 0 Å². The first kappa shape index (κ1) is 13.1. The second-order valence-electron chi connectivity index (χ2n) is 4.26. The van der Waals surface area contributed by atoms with Crippen molar-refractivity contribution in [1.29, 1.82) is 0 Å². The van der Waals surface area contributed by atoms with Gasteiger partial charge in [-0.1, -0.05) is 12.1 Å². The number of nitrogens with one attached hydrogen (secondary N) is 1. The van der Waals surface area contributed by atoms with Gasteiger partial charge in [-0.05, 0) is 36.8 Å². The van der Waals surface area contributed by atoms with Crippen molar-refractivity contribution < 1.29 is 8.42 Å². The van der Waals surface area contributed by atoms with Gasteiger partial charge < -0.3 is 0 Å². The second-order valence-corrected chi connectivity index (χ2v) is 7.38. The summed E-state index contributed by atoms with van der Waals surface area (Å²) >= 11 is 1.79. The molecule has 18 heavy (non-hydrogen) atoms. The van der Waals surface area contributed by atoms with Crippen LogP contribution in [-0.2, 0) is 16.4 Å². The number of hydrogen-bond acceptors (Lipinski definition) is 3. The predicted octanol–water partition coefficient (Wildman–Crippen LogP) is 3.02. The smallest absolute Gasteiger partial charge is 0.229 e. The van der Waals surface area contributed by atoms with Crippen LogP contribution in [0, 0.1) is 6.92 Å². The van der Waals surface area contributed by atoms with E-state index >= 15 is 0 Å². The minimum absolute atomic E-state index is 0.601. The van der Waals surface area contributed by atoms with Crippen LogP contribution < -0.4 is 4.72 Å². The summed E-state index contributed by atoms with van der Waals surface area (Å²) in [5.74, 6) is 0. The Morgan fingerprint density at radius 1 is 1.11 bits per heavy atom. The summed E-state index contributed by atoms with van der Waals surface area (Å²) in [6.07, 6.45) is 2.03. The monoisotopic (exact) mass is 281 g/mol. The summed E-state index contributed by atoms with van der Waals surface area (Å²) in [6.45, 7) is 2.09. The van der Waals surface area contributed by atoms with Gasteiger partial charge in [-0.25, -0.2) is 8.42 Å². The van der Waals surface area contributed by atoms with Gasteiger partial charge in [-0.3, -0.25) is 4.72 Å². The molecule has 2 aromatic rings. The van der Waals surface area contributed by atoms with Crippen molar-refractivity contribution in [2.75, 3.05) is 11.0 Å². The normalized spacial score (nSPS) is 11.4. The molecule has 0 radical (unpaired) electrons. The van der Waals surface area contributed by atoms with Crippen LogP contribution in [0.25, 0.3) is 0 Å². The van der Waals surface area contributed by atoms with E-state index in [2.05, 4.69) is 23.8 Å². The van der Waals surface area contributed by atoms with Gasteiger partial charge in [0, 0.05) is 21.9 Å². The molecule has 3 nitrogen and oxygen atoms in total. The van der Waals surface area contributed by atoms with Crippen LogP contribution in [0.3, 0.4) is 0 Å². The van der Waals surface area contributed by atoms with Gasteiger partial charge in [0.1, 0.15) is 0 Å². The van der Waals surface area contributed by atoms with E-state index in [1.54, 1.807) is 23.5 Å². The third-order valence-corrected chi connectivity index (χ3v) is 4.04. The van der Waals surface area contributed by atoms with Crippen LogP contribution in [0.5, 0.6) is 0 Å². The van der Waals surface area contributed by atoms with Crippen LogP contribution in [0.2, 0.25) is 0 Å². The molecule has 0 aliphatic carbocycles. The molecule has 1 aromatic heterocycles. The SMILES string of the molecule is Cc1ccc(Cc2ccc(NS(C)(=O)=O)cc2)s1. The molecule has 0 spiro atoms. The van der Waals surface area contributed by atoms with E-state index in [9.17, 15) is 8.42 Å². The lowest BCUT2D eigenvalue weighted by Gasteiger charge is -2.04. The Bertz CT molecular complexity index is 627. The molecule has 0 aliphatic heterocycles. The average Bonchev–Trinajstić information content (AvgIpc) is 2.65. The highest BCUT2D eigenvalue weighted by Crippen LogP contribution is 2.20. The lowest BCUT2D eigenvalue weighted by Crippen LogP contribution is -2.09. The van der Waals surface area contributed by atoms with E-state index in [0.717, 1.165) is 12.7 Å². The number of anilines is 1. The molecule has 0 bridgehead atoms. The maximum Gasteiger partial charge on any atom is 0.229 e. The van der Waals surface area contributed by atoms with Crippen LogP contribution >= 0.6 is 11.3 Å². The number of aryl methyl sites for hydroxylation is 1. The van der Waals surface area contributed by atoms with Crippen molar-refractivity contribution in [2.45, 2.75) is 13.3 Å². The molecule has 2 rings (SSSR count). The molecule has 1 N–H and O–H groups in total. The summed E-state index contributed by atoms with van der Waals surface area (Å²) in [5, 5.41) is 0. The zero-order valence-electron chi connectivity index (χ0n) is 10.3. The third-order valence-electron chi connectivity index (χ3n) is 2.43. The summed E-state index contributed by atoms with van der Waals surface area (Å²) in [5.41, 5.74) is 1.78. The minimum atomic E-state index is -3.19. The lowest BCUT2D eigenvalue weighted by molar-refractivity contribution is 0.607. The molecular formula is C13H15NO2S2. The number of sulfonamides is 1. The second kappa shape index (κ2) is 5.12. The Morgan fingerprint density at radius 3 is 2.28 bits per heavy atom. The van der Waals surface area contributed by atoms with Crippen molar-refractivity contribution in [2.24, 2.45) is 0 Å². The summed E-state index contributed by atoms with van der Waals surface area (Å²) in [6, 6.07) is 11.7. The number of hydrogen-bond donors (Lipinski definition) is 1. The summed E-state index contributed by atoms with van der Waals surface area (Å²) in [4.78, 5) is 2.62. The summed E-state index contributed by atoms with van der Waals surface area (Å²) < 4.78 is 24.6. The molecule has 5 heteroatoms. The zero-order chi connectivity index (χ0) is 13.2. The quantitative estimate of drug-likeness (QED) is 0.936. The molecule has 1 aromatic carbocycles. The van der Waals surface area contributed by atoms with E-state index in [4.69, 9.17) is 0 Å². The van der Waals surface area contributed by atoms with E-state index < -0.39 is 10.0 Å². The Balaban J connectivity index is 2.08. The van der Waals surface area contributed by atoms with Crippen molar-refractivity contribution in [3.8, 4) is 0 Å². The van der Waals surface area contributed by atoms with E-state index in [1.807, 2.05) is 12.1 Å². The molecule has 96 valence electrons. The van der Waals surface area contributed by atoms with Crippen LogP contribution in [-0.4, -0.2) is 14.7 Å². The largest absolute Gasteiger partial charge is 0.284 e. The fourth-order valence-corrected chi connectivity index (χ4v) is 3.17. The first-order chi connectivity index (χ1) is 8.42. The van der Waals surface area contributed by atoms with Gasteiger partial charge >= 0.3 is 0 Å². The standard InChI is InChI=1S/C13H15NO2S2/c1-10-3-8-13(17-10)9-11-4-6-12(7-5-11)14-18(2,15)16/h3-8,14H,9H2,1-2H3. The van der Waals surface area contributed by atoms with Crippen LogP contribution in [0.15, 0.2) is 36.4 Å². The van der Waals surface area contributed by atoms with Crippen LogP contribution in [0.1, 0.15) is 15.3 Å². The highest BCUT2D eigenvalue weighted by molar-refractivity contribution is 7.92. The first-order valence-corrected chi connectivity index (χ1v) is 8.25. The zero-order valence-corrected chi connectivity index (χ0v) is 11.9. The number of rotatable bonds is 4. The molecule has 1 heterocycles. The van der Waals surface area contributed by atoms with Gasteiger partial charge in [0.2, 0.25) is 10.0 Å². The highest BCUT2D eigenvalue weighted by atomic mass is 32.2. The van der Waals surface area contributed by atoms with Gasteiger partial charge in [-0.15, -0.1) is 11.3 Å². The number of benzene rings is 1. The minimum Gasteiger partial charge on any atom is -0.284 e. The van der Waals surface area contributed by atoms with Gasteiger partial charge in [0.25, 0.3) is 0 Å². The van der Waals surface area contributed by atoms with E-state index in [0.29, 0.717) is 5.69 Å². The Labute approximate surface area is 112 Å². The maximum absolute atomic E-state index is 11.1. The maximum atomic E-state index is 11.1. The topological polar surface area (TPSA) is 46.2 Å². The van der Waals surface area contributed by atoms with Gasteiger partial charge in [-0.2, -0.15) is 0 Å². The molecule has 0 amide bonds. The third kappa shape index (κ3) is 3.85. The lowest BCUT2D eigenvalue weighted by atomic mass is 10.1. The first-order valence-electron chi connectivity index (χ1n) is 5.54. The molecular weight excluding hydrogens is 266 g/mol. The van der Waals surface area contributed by atoms with E-state index in [-0.39, 0.29) is 0 Å². The molecule has 0 aliphatic rings. The molecule has 0 fully saturated rings. The Hall–Kier alpha value is -1.33. The van der Waals surface area contributed by atoms with Crippen LogP contribution in [0.4, 0.5) is 5.69 Å². The fourth-order valence-electron chi connectivity index (χ4n) is 1.69. The van der Waals surface area contributed by atoms with E-state index in [1.165, 1.54) is 15.3 Å². The predicted molar refractivity (Wildman–Crippen MR) is 76.8 cm³/mol. The fraction of sp³-hybridized carbons (Fsp3) is 0.231. The number of thiophene rings is 1. The van der Waals surface area contributed by atoms with Crippen molar-refractivity contribution in [3.63, 3.8) is 0 Å². The molecule has 0 saturated carbocycles. The average molecular weight is 281 g/mol. The Kier molecular flexibility index (Phi) is 3.73. The van der Waals surface area contributed by atoms with Gasteiger partial charge in [0.15, 0.2) is 0 Å². The molecule has 0 saturated heterocycles.